The molecule has 2 aliphatic rings. The van der Waals surface area contributed by atoms with Gasteiger partial charge in [0.1, 0.15) is 0 Å². The minimum atomic E-state index is -0.665. The van der Waals surface area contributed by atoms with Gasteiger partial charge in [0, 0.05) is 0 Å². The second-order valence-electron chi connectivity index (χ2n) is 11.5. The molecule has 0 radical (unpaired) electrons. The first-order valence-corrected chi connectivity index (χ1v) is 12.0. The quantitative estimate of drug-likeness (QED) is 0.532. The molecule has 2 fully saturated rings. The maximum Gasteiger partial charge on any atom is 0.0774 e. The van der Waals surface area contributed by atoms with Crippen molar-refractivity contribution in [1.82, 2.24) is 0 Å². The molecule has 3 heteroatoms. The largest absolute Gasteiger partial charge is 0.391 e. The summed E-state index contributed by atoms with van der Waals surface area (Å²) >= 11 is 0. The van der Waals surface area contributed by atoms with Gasteiger partial charge >= 0.3 is 0 Å². The summed E-state index contributed by atoms with van der Waals surface area (Å²) in [4.78, 5) is 0. The van der Waals surface area contributed by atoms with E-state index in [0.717, 1.165) is 31.1 Å². The summed E-state index contributed by atoms with van der Waals surface area (Å²) in [6, 6.07) is 0. The first-order chi connectivity index (χ1) is 13.0. The first kappa shape index (κ1) is 24.2. The monoisotopic (exact) mass is 396 g/mol. The van der Waals surface area contributed by atoms with Crippen molar-refractivity contribution in [2.75, 3.05) is 6.61 Å². The number of ether oxygens (including phenoxy) is 1. The van der Waals surface area contributed by atoms with Crippen LogP contribution >= 0.6 is 0 Å². The van der Waals surface area contributed by atoms with Crippen LogP contribution in [0.4, 0.5) is 0 Å². The van der Waals surface area contributed by atoms with E-state index < -0.39 is 11.7 Å². The molecule has 166 valence electrons. The standard InChI is InChI=1S/C25H48O3/c1-18(2)19-11-13-20(14-12-19)25(6,27)16-15-21(26)17-28-23-10-8-7-9-22(23)24(3,4)5/h18-23,26-27H,7-17H2,1-6H3. The fourth-order valence-corrected chi connectivity index (χ4v) is 5.68. The lowest BCUT2D eigenvalue weighted by molar-refractivity contribution is -0.0849. The molecule has 0 aromatic rings. The smallest absolute Gasteiger partial charge is 0.0774 e. The van der Waals surface area contributed by atoms with Gasteiger partial charge in [-0.05, 0) is 87.4 Å². The van der Waals surface area contributed by atoms with Crippen molar-refractivity contribution < 1.29 is 14.9 Å². The van der Waals surface area contributed by atoms with Crippen LogP contribution < -0.4 is 0 Å². The topological polar surface area (TPSA) is 49.7 Å². The van der Waals surface area contributed by atoms with Gasteiger partial charge in [0.25, 0.3) is 0 Å². The van der Waals surface area contributed by atoms with Crippen LogP contribution in [0.2, 0.25) is 0 Å². The van der Waals surface area contributed by atoms with E-state index in [1.807, 2.05) is 6.92 Å². The van der Waals surface area contributed by atoms with Crippen LogP contribution in [0.25, 0.3) is 0 Å². The number of hydrogen-bond donors (Lipinski definition) is 2. The molecular formula is C25H48O3. The minimum Gasteiger partial charge on any atom is -0.391 e. The average molecular weight is 397 g/mol. The second kappa shape index (κ2) is 10.3. The van der Waals surface area contributed by atoms with Gasteiger partial charge in [0.15, 0.2) is 0 Å². The summed E-state index contributed by atoms with van der Waals surface area (Å²) in [5, 5.41) is 21.5. The van der Waals surface area contributed by atoms with Crippen LogP contribution in [0.1, 0.15) is 106 Å². The number of aliphatic hydroxyl groups is 2. The molecule has 3 nitrogen and oxygen atoms in total. The highest BCUT2D eigenvalue weighted by molar-refractivity contribution is 4.88. The summed E-state index contributed by atoms with van der Waals surface area (Å²) < 4.78 is 6.20. The molecule has 4 atom stereocenters. The van der Waals surface area contributed by atoms with Gasteiger partial charge in [0.05, 0.1) is 24.4 Å². The molecular weight excluding hydrogens is 348 g/mol. The zero-order chi connectivity index (χ0) is 20.9. The number of rotatable bonds is 8. The zero-order valence-corrected chi connectivity index (χ0v) is 19.5. The minimum absolute atomic E-state index is 0.258. The first-order valence-electron chi connectivity index (χ1n) is 12.0. The number of hydrogen-bond acceptors (Lipinski definition) is 3. The van der Waals surface area contributed by atoms with E-state index in [1.165, 1.54) is 32.1 Å². The maximum atomic E-state index is 11.0. The Labute approximate surface area is 174 Å². The van der Waals surface area contributed by atoms with E-state index in [2.05, 4.69) is 34.6 Å². The number of aliphatic hydroxyl groups excluding tert-OH is 1. The summed E-state index contributed by atoms with van der Waals surface area (Å²) in [6.07, 6.45) is 10.7. The molecule has 0 saturated heterocycles. The van der Waals surface area contributed by atoms with Crippen LogP contribution in [0.5, 0.6) is 0 Å². The van der Waals surface area contributed by atoms with E-state index in [0.29, 0.717) is 31.3 Å². The predicted molar refractivity (Wildman–Crippen MR) is 117 cm³/mol. The lowest BCUT2D eigenvalue weighted by Gasteiger charge is -2.41. The Morgan fingerprint density at radius 1 is 0.929 bits per heavy atom. The summed E-state index contributed by atoms with van der Waals surface area (Å²) in [5.41, 5.74) is -0.406. The molecule has 2 aliphatic carbocycles. The Balaban J connectivity index is 1.74. The molecule has 0 heterocycles. The van der Waals surface area contributed by atoms with E-state index >= 15 is 0 Å². The van der Waals surface area contributed by atoms with Gasteiger partial charge in [-0.15, -0.1) is 0 Å². The third-order valence-corrected chi connectivity index (χ3v) is 7.90. The van der Waals surface area contributed by atoms with Crippen LogP contribution in [-0.4, -0.2) is 34.6 Å². The highest BCUT2D eigenvalue weighted by atomic mass is 16.5. The average Bonchev–Trinajstić information content (AvgIpc) is 2.64. The third kappa shape index (κ3) is 6.99. The molecule has 2 rings (SSSR count). The molecule has 0 aromatic carbocycles. The SMILES string of the molecule is CC(C)C1CCC(C(C)(O)CCC(O)COC2CCCCC2C(C)(C)C)CC1. The van der Waals surface area contributed by atoms with Crippen molar-refractivity contribution >= 4 is 0 Å². The molecule has 2 saturated carbocycles. The van der Waals surface area contributed by atoms with E-state index in [-0.39, 0.29) is 11.5 Å². The van der Waals surface area contributed by atoms with E-state index in [4.69, 9.17) is 4.74 Å². The maximum absolute atomic E-state index is 11.0. The molecule has 2 N–H and O–H groups in total. The Bertz CT molecular complexity index is 443. The van der Waals surface area contributed by atoms with Gasteiger partial charge < -0.3 is 14.9 Å². The Kier molecular flexibility index (Phi) is 8.85. The lowest BCUT2D eigenvalue weighted by atomic mass is 9.70. The van der Waals surface area contributed by atoms with Gasteiger partial charge in [-0.1, -0.05) is 47.5 Å². The predicted octanol–water partition coefficient (Wildman–Crippen LogP) is 5.96. The van der Waals surface area contributed by atoms with E-state index in [1.54, 1.807) is 0 Å². The van der Waals surface area contributed by atoms with Crippen molar-refractivity contribution in [2.45, 2.75) is 124 Å². The molecule has 0 spiro atoms. The highest BCUT2D eigenvalue weighted by Gasteiger charge is 2.37. The van der Waals surface area contributed by atoms with Crippen LogP contribution in [0, 0.1) is 29.1 Å². The Hall–Kier alpha value is -0.120. The molecule has 0 bridgehead atoms. The van der Waals surface area contributed by atoms with Crippen LogP contribution in [0.3, 0.4) is 0 Å². The Morgan fingerprint density at radius 3 is 2.11 bits per heavy atom. The summed E-state index contributed by atoms with van der Waals surface area (Å²) in [7, 11) is 0. The summed E-state index contributed by atoms with van der Waals surface area (Å²) in [5.74, 6) is 2.52. The van der Waals surface area contributed by atoms with Crippen LogP contribution in [0.15, 0.2) is 0 Å². The molecule has 4 unspecified atom stereocenters. The Morgan fingerprint density at radius 2 is 1.54 bits per heavy atom. The van der Waals surface area contributed by atoms with E-state index in [9.17, 15) is 10.2 Å². The van der Waals surface area contributed by atoms with Crippen LogP contribution in [-0.2, 0) is 4.74 Å². The normalized spacial score (nSPS) is 32.9. The highest BCUT2D eigenvalue weighted by Crippen LogP contribution is 2.41. The van der Waals surface area contributed by atoms with Crippen molar-refractivity contribution in [3.8, 4) is 0 Å². The lowest BCUT2D eigenvalue weighted by Crippen LogP contribution is -2.40. The van der Waals surface area contributed by atoms with Crippen molar-refractivity contribution in [2.24, 2.45) is 29.1 Å². The second-order valence-corrected chi connectivity index (χ2v) is 11.5. The molecule has 0 aromatic heterocycles. The van der Waals surface area contributed by atoms with Gasteiger partial charge in [0.2, 0.25) is 0 Å². The van der Waals surface area contributed by atoms with Gasteiger partial charge in [-0.25, -0.2) is 0 Å². The van der Waals surface area contributed by atoms with Gasteiger partial charge in [-0.2, -0.15) is 0 Å². The van der Waals surface area contributed by atoms with Crippen molar-refractivity contribution in [3.63, 3.8) is 0 Å². The van der Waals surface area contributed by atoms with Crippen molar-refractivity contribution in [3.05, 3.63) is 0 Å². The third-order valence-electron chi connectivity index (χ3n) is 7.90. The summed E-state index contributed by atoms with van der Waals surface area (Å²) in [6.45, 7) is 13.9. The fraction of sp³-hybridized carbons (Fsp3) is 1.00. The zero-order valence-electron chi connectivity index (χ0n) is 19.5. The molecule has 0 aliphatic heterocycles. The molecule has 0 amide bonds. The van der Waals surface area contributed by atoms with Gasteiger partial charge in [-0.3, -0.25) is 0 Å². The fourth-order valence-electron chi connectivity index (χ4n) is 5.68. The molecule has 28 heavy (non-hydrogen) atoms. The van der Waals surface area contributed by atoms with Crippen molar-refractivity contribution in [1.29, 1.82) is 0 Å².